The van der Waals surface area contributed by atoms with E-state index in [1.165, 1.54) is 11.8 Å². The van der Waals surface area contributed by atoms with Gasteiger partial charge in [0, 0.05) is 73.8 Å². The largest absolute Gasteiger partial charge is 0.369 e. The van der Waals surface area contributed by atoms with Crippen molar-refractivity contribution in [2.24, 2.45) is 0 Å². The Kier molecular flexibility index (Phi) is 11.7. The molecule has 4 aromatic carbocycles. The molecule has 0 radical (unpaired) electrons. The highest BCUT2D eigenvalue weighted by molar-refractivity contribution is 6.23. The first-order chi connectivity index (χ1) is 32.7. The highest BCUT2D eigenvalue weighted by Gasteiger charge is 2.46. The first kappa shape index (κ1) is 44.7. The maximum atomic E-state index is 15.4. The summed E-state index contributed by atoms with van der Waals surface area (Å²) in [5.74, 6) is -3.48. The van der Waals surface area contributed by atoms with Crippen LogP contribution in [0, 0.1) is 12.7 Å². The molecule has 10 rings (SSSR count). The minimum atomic E-state index is -1.14. The van der Waals surface area contributed by atoms with Crippen molar-refractivity contribution in [2.75, 3.05) is 44.2 Å². The van der Waals surface area contributed by atoms with Gasteiger partial charge in [0.1, 0.15) is 11.9 Å². The first-order valence-corrected chi connectivity index (χ1v) is 23.2. The number of rotatable bonds is 10. The standard InChI is InChI=1S/C51H53FN10O6/c1-29-23-33(5-6-34(29)27-53-46(65)47-55-50(58-68-47)51(2,3)4)44-37-26-32(9-12-40(37)56-57-44)31-7-10-35(11-8-31)60-19-21-61(22-20-60)36-15-17-59(18-16-36)28-30-24-38-43(39(52)25-30)49(67)62(48(38)66)41-13-14-42(63)54-45(41)64/h5-12,23-26,36,41H,13-22,27-28H2,1-4H3,(H,53,65)(H,56,57)(H,54,63,64). The van der Waals surface area contributed by atoms with Crippen LogP contribution in [0.2, 0.25) is 0 Å². The summed E-state index contributed by atoms with van der Waals surface area (Å²) in [6.07, 6.45) is 1.96. The van der Waals surface area contributed by atoms with Crippen LogP contribution in [0.4, 0.5) is 10.1 Å². The summed E-state index contributed by atoms with van der Waals surface area (Å²) in [6, 6.07) is 23.4. The number of fused-ring (bicyclic) bond motifs is 2. The van der Waals surface area contributed by atoms with E-state index in [2.05, 4.69) is 89.1 Å². The molecule has 1 unspecified atom stereocenters. The van der Waals surface area contributed by atoms with Gasteiger partial charge in [-0.15, -0.1) is 0 Å². The third-order valence-corrected chi connectivity index (χ3v) is 13.8. The molecule has 0 aliphatic carbocycles. The van der Waals surface area contributed by atoms with Gasteiger partial charge in [0.2, 0.25) is 11.8 Å². The van der Waals surface area contributed by atoms with E-state index < -0.39 is 41.4 Å². The molecule has 2 aromatic heterocycles. The van der Waals surface area contributed by atoms with Gasteiger partial charge in [-0.25, -0.2) is 4.39 Å². The third kappa shape index (κ3) is 8.67. The van der Waals surface area contributed by atoms with E-state index in [1.807, 2.05) is 39.8 Å². The van der Waals surface area contributed by atoms with E-state index in [4.69, 9.17) is 9.62 Å². The van der Waals surface area contributed by atoms with E-state index in [0.717, 1.165) is 101 Å². The Hall–Kier alpha value is -7.11. The van der Waals surface area contributed by atoms with E-state index in [-0.39, 0.29) is 35.3 Å². The quantitative estimate of drug-likeness (QED) is 0.133. The second-order valence-corrected chi connectivity index (χ2v) is 19.4. The van der Waals surface area contributed by atoms with Crippen LogP contribution >= 0.6 is 0 Å². The molecular weight excluding hydrogens is 868 g/mol. The van der Waals surface area contributed by atoms with Crippen molar-refractivity contribution in [3.05, 3.63) is 118 Å². The highest BCUT2D eigenvalue weighted by Crippen LogP contribution is 2.34. The SMILES string of the molecule is Cc1cc(-c2n[nH]c3ccc(-c4ccc(N5CCN(C6CCN(Cc7cc(F)c8c(c7)C(=O)N(C7CCC(=O)NC7=O)C8=O)CC6)CC5)cc4)cc23)ccc1CNC(=O)c1nc(C(C)(C)C)no1. The predicted octanol–water partition coefficient (Wildman–Crippen LogP) is 6.14. The number of piperazine rings is 1. The molecule has 0 saturated carbocycles. The Labute approximate surface area is 392 Å². The number of piperidine rings is 2. The molecule has 3 fully saturated rings. The molecule has 68 heavy (non-hydrogen) atoms. The fourth-order valence-electron chi connectivity index (χ4n) is 9.93. The van der Waals surface area contributed by atoms with E-state index >= 15 is 4.39 Å². The van der Waals surface area contributed by atoms with Crippen molar-refractivity contribution in [3.63, 3.8) is 0 Å². The first-order valence-electron chi connectivity index (χ1n) is 23.2. The van der Waals surface area contributed by atoms with Crippen LogP contribution in [0.5, 0.6) is 0 Å². The molecule has 3 N–H and O–H groups in total. The van der Waals surface area contributed by atoms with Gasteiger partial charge < -0.3 is 14.7 Å². The number of aryl methyl sites for hydroxylation is 1. The summed E-state index contributed by atoms with van der Waals surface area (Å²) in [6.45, 7) is 14.0. The third-order valence-electron chi connectivity index (χ3n) is 13.8. The molecular formula is C51H53FN10O6. The Balaban J connectivity index is 0.715. The lowest BCUT2D eigenvalue weighted by atomic mass is 9.96. The van der Waals surface area contributed by atoms with Crippen molar-refractivity contribution < 1.29 is 32.9 Å². The molecule has 1 atom stereocenters. The Morgan fingerprint density at radius 2 is 1.59 bits per heavy atom. The zero-order valence-electron chi connectivity index (χ0n) is 38.5. The summed E-state index contributed by atoms with van der Waals surface area (Å²) in [7, 11) is 0. The number of benzene rings is 4. The van der Waals surface area contributed by atoms with Gasteiger partial charge in [0.05, 0.1) is 22.3 Å². The molecule has 4 aliphatic rings. The van der Waals surface area contributed by atoms with Gasteiger partial charge >= 0.3 is 11.8 Å². The van der Waals surface area contributed by atoms with Gasteiger partial charge in [-0.05, 0) is 110 Å². The van der Waals surface area contributed by atoms with Crippen LogP contribution in [0.15, 0.2) is 77.3 Å². The molecule has 0 bridgehead atoms. The predicted molar refractivity (Wildman–Crippen MR) is 251 cm³/mol. The zero-order valence-corrected chi connectivity index (χ0v) is 38.5. The number of H-pyrrole nitrogens is 1. The van der Waals surface area contributed by atoms with Crippen LogP contribution in [0.3, 0.4) is 0 Å². The van der Waals surface area contributed by atoms with Gasteiger partial charge in [-0.2, -0.15) is 10.1 Å². The number of anilines is 1. The molecule has 350 valence electrons. The molecule has 6 aromatic rings. The summed E-state index contributed by atoms with van der Waals surface area (Å²) >= 11 is 0. The fourth-order valence-corrected chi connectivity index (χ4v) is 9.93. The van der Waals surface area contributed by atoms with E-state index in [1.54, 1.807) is 6.07 Å². The lowest BCUT2D eigenvalue weighted by molar-refractivity contribution is -0.136. The number of aromatic nitrogens is 4. The monoisotopic (exact) mass is 920 g/mol. The number of amides is 5. The average molecular weight is 921 g/mol. The maximum absolute atomic E-state index is 15.4. The Bertz CT molecular complexity index is 2980. The normalized spacial score (nSPS) is 18.7. The van der Waals surface area contributed by atoms with Gasteiger partial charge in [0.15, 0.2) is 5.82 Å². The average Bonchev–Trinajstić information content (AvgIpc) is 4.06. The number of carbonyl (C=O) groups is 5. The van der Waals surface area contributed by atoms with Crippen molar-refractivity contribution in [3.8, 4) is 22.4 Å². The smallest absolute Gasteiger partial charge is 0.315 e. The van der Waals surface area contributed by atoms with Crippen molar-refractivity contribution in [2.45, 2.75) is 84.0 Å². The fraction of sp³-hybridized carbons (Fsp3) is 0.373. The lowest BCUT2D eigenvalue weighted by Crippen LogP contribution is -2.54. The number of nitrogens with zero attached hydrogens (tertiary/aromatic N) is 7. The molecule has 4 aliphatic heterocycles. The summed E-state index contributed by atoms with van der Waals surface area (Å²) in [5, 5.41) is 17.9. The Morgan fingerprint density at radius 1 is 0.853 bits per heavy atom. The van der Waals surface area contributed by atoms with Crippen molar-refractivity contribution in [1.29, 1.82) is 0 Å². The summed E-state index contributed by atoms with van der Waals surface area (Å²) < 4.78 is 20.6. The number of carbonyl (C=O) groups excluding carboxylic acids is 5. The van der Waals surface area contributed by atoms with Gasteiger partial charge in [-0.1, -0.05) is 56.3 Å². The van der Waals surface area contributed by atoms with Crippen LogP contribution < -0.4 is 15.5 Å². The molecule has 3 saturated heterocycles. The van der Waals surface area contributed by atoms with Crippen molar-refractivity contribution >= 4 is 46.1 Å². The molecule has 5 amide bonds. The minimum Gasteiger partial charge on any atom is -0.369 e. The van der Waals surface area contributed by atoms with Crippen LogP contribution in [0.1, 0.15) is 100 Å². The number of likely N-dealkylation sites (tertiary alicyclic amines) is 1. The zero-order chi connectivity index (χ0) is 47.4. The molecule has 6 heterocycles. The number of aromatic amines is 1. The maximum Gasteiger partial charge on any atom is 0.315 e. The summed E-state index contributed by atoms with van der Waals surface area (Å²) in [5.41, 5.74) is 8.09. The van der Waals surface area contributed by atoms with Gasteiger partial charge in [0.25, 0.3) is 11.8 Å². The van der Waals surface area contributed by atoms with E-state index in [9.17, 15) is 24.0 Å². The second-order valence-electron chi connectivity index (χ2n) is 19.4. The second kappa shape index (κ2) is 17.8. The highest BCUT2D eigenvalue weighted by atomic mass is 19.1. The molecule has 16 nitrogen and oxygen atoms in total. The minimum absolute atomic E-state index is 0.00219. The molecule has 17 heteroatoms. The van der Waals surface area contributed by atoms with Crippen LogP contribution in [-0.4, -0.2) is 116 Å². The van der Waals surface area contributed by atoms with Gasteiger partial charge in [-0.3, -0.25) is 49.1 Å². The van der Waals surface area contributed by atoms with Crippen molar-refractivity contribution in [1.82, 2.24) is 45.7 Å². The molecule has 0 spiro atoms. The number of nitrogens with one attached hydrogen (secondary N) is 3. The Morgan fingerprint density at radius 3 is 2.29 bits per heavy atom. The number of hydrogen-bond donors (Lipinski definition) is 3. The van der Waals surface area contributed by atoms with Crippen LogP contribution in [-0.2, 0) is 28.1 Å². The lowest BCUT2D eigenvalue weighted by Gasteiger charge is -2.43. The number of hydrogen-bond acceptors (Lipinski definition) is 12. The number of halogens is 1. The topological polar surface area (TPSA) is 190 Å². The van der Waals surface area contributed by atoms with Crippen LogP contribution in [0.25, 0.3) is 33.3 Å². The van der Waals surface area contributed by atoms with E-state index in [0.29, 0.717) is 30.5 Å². The number of imide groups is 2. The summed E-state index contributed by atoms with van der Waals surface area (Å²) in [4.78, 5) is 75.7.